The molecule has 0 saturated carbocycles. The summed E-state index contributed by atoms with van der Waals surface area (Å²) in [6.45, 7) is 0. The fourth-order valence-electron chi connectivity index (χ4n) is 0.632. The van der Waals surface area contributed by atoms with Gasteiger partial charge in [-0.3, -0.25) is 0 Å². The van der Waals surface area contributed by atoms with Gasteiger partial charge in [0.25, 0.3) is 6.43 Å². The van der Waals surface area contributed by atoms with Gasteiger partial charge in [0.05, 0.1) is 0 Å². The molecule has 1 aromatic rings. The molecule has 2 N–H and O–H groups in total. The number of alkyl halides is 2. The lowest BCUT2D eigenvalue weighted by Gasteiger charge is -2.05. The third-order valence-electron chi connectivity index (χ3n) is 1.19. The summed E-state index contributed by atoms with van der Waals surface area (Å²) in [5, 5.41) is 0.0658. The van der Waals surface area contributed by atoms with Crippen LogP contribution in [0.1, 0.15) is 11.8 Å². The molecule has 2 nitrogen and oxygen atoms in total. The summed E-state index contributed by atoms with van der Waals surface area (Å²) in [6, 6.07) is 1.32. The fraction of sp³-hybridized carbons (Fsp3) is 0.333. The molecule has 0 amide bonds. The highest BCUT2D eigenvalue weighted by Crippen LogP contribution is 2.22. The maximum Gasteiger partial charge on any atom is 0.260 e. The first-order chi connectivity index (χ1) is 5.11. The van der Waals surface area contributed by atoms with Crippen molar-refractivity contribution in [1.29, 1.82) is 0 Å². The summed E-state index contributed by atoms with van der Waals surface area (Å²) in [4.78, 5) is 0. The Bertz CT molecular complexity index is 238. The summed E-state index contributed by atoms with van der Waals surface area (Å²) in [7, 11) is 0. The SMILES string of the molecule is N[C@H](c1ccc(Cl)o1)C(F)F. The van der Waals surface area contributed by atoms with Crippen LogP contribution in [-0.2, 0) is 0 Å². The first kappa shape index (κ1) is 8.49. The lowest BCUT2D eigenvalue weighted by Crippen LogP contribution is -2.17. The first-order valence-corrected chi connectivity index (χ1v) is 3.28. The maximum absolute atomic E-state index is 11.9. The Morgan fingerprint density at radius 1 is 1.45 bits per heavy atom. The van der Waals surface area contributed by atoms with E-state index >= 15 is 0 Å². The van der Waals surface area contributed by atoms with Crippen LogP contribution in [0.4, 0.5) is 8.78 Å². The standard InChI is InChI=1S/C6H6ClF2NO/c7-4-2-1-3(11-4)5(10)6(8)9/h1-2,5-6H,10H2/t5-/m1/s1. The number of hydrogen-bond donors (Lipinski definition) is 1. The Morgan fingerprint density at radius 2 is 2.09 bits per heavy atom. The van der Waals surface area contributed by atoms with Crippen molar-refractivity contribution in [2.24, 2.45) is 5.73 Å². The van der Waals surface area contributed by atoms with Crippen molar-refractivity contribution < 1.29 is 13.2 Å². The number of rotatable bonds is 2. The van der Waals surface area contributed by atoms with E-state index < -0.39 is 12.5 Å². The zero-order valence-corrected chi connectivity index (χ0v) is 6.18. The number of hydrogen-bond acceptors (Lipinski definition) is 2. The molecule has 0 saturated heterocycles. The molecule has 0 bridgehead atoms. The lowest BCUT2D eigenvalue weighted by molar-refractivity contribution is 0.107. The van der Waals surface area contributed by atoms with Gasteiger partial charge in [-0.2, -0.15) is 0 Å². The summed E-state index contributed by atoms with van der Waals surface area (Å²) >= 11 is 5.34. The quantitative estimate of drug-likeness (QED) is 0.760. The molecule has 1 aromatic heterocycles. The molecule has 0 radical (unpaired) electrons. The second-order valence-electron chi connectivity index (χ2n) is 2.00. The van der Waals surface area contributed by atoms with Crippen molar-refractivity contribution in [3.63, 3.8) is 0 Å². The Labute approximate surface area is 66.9 Å². The monoisotopic (exact) mass is 181 g/mol. The topological polar surface area (TPSA) is 39.2 Å². The third-order valence-corrected chi connectivity index (χ3v) is 1.40. The molecule has 0 aliphatic rings. The predicted molar refractivity (Wildman–Crippen MR) is 36.7 cm³/mol. The summed E-state index contributed by atoms with van der Waals surface area (Å²) < 4.78 is 28.5. The van der Waals surface area contributed by atoms with Crippen LogP contribution < -0.4 is 5.73 Å². The molecule has 1 heterocycles. The van der Waals surface area contributed by atoms with Crippen LogP contribution in [0.2, 0.25) is 5.22 Å². The molecule has 0 spiro atoms. The van der Waals surface area contributed by atoms with E-state index in [0.717, 1.165) is 0 Å². The molecule has 0 unspecified atom stereocenters. The van der Waals surface area contributed by atoms with Crippen LogP contribution in [-0.4, -0.2) is 6.43 Å². The predicted octanol–water partition coefficient (Wildman–Crippen LogP) is 2.20. The maximum atomic E-state index is 11.9. The normalized spacial score (nSPS) is 13.9. The second kappa shape index (κ2) is 3.19. The van der Waals surface area contributed by atoms with Crippen LogP contribution >= 0.6 is 11.6 Å². The minimum atomic E-state index is -2.63. The van der Waals surface area contributed by atoms with Crippen LogP contribution in [0.15, 0.2) is 16.5 Å². The van der Waals surface area contributed by atoms with Gasteiger partial charge in [0.1, 0.15) is 11.8 Å². The molecule has 62 valence electrons. The summed E-state index contributed by atoms with van der Waals surface area (Å²) in [6.07, 6.45) is -2.63. The van der Waals surface area contributed by atoms with E-state index in [1.54, 1.807) is 0 Å². The molecule has 0 fully saturated rings. The van der Waals surface area contributed by atoms with E-state index in [4.69, 9.17) is 17.3 Å². The highest BCUT2D eigenvalue weighted by molar-refractivity contribution is 6.28. The van der Waals surface area contributed by atoms with Crippen molar-refractivity contribution in [2.75, 3.05) is 0 Å². The molecule has 5 heteroatoms. The molecular weight excluding hydrogens is 176 g/mol. The van der Waals surface area contributed by atoms with Gasteiger partial charge in [-0.1, -0.05) is 0 Å². The summed E-state index contributed by atoms with van der Waals surface area (Å²) in [5.74, 6) is 0.00463. The minimum Gasteiger partial charge on any atom is -0.448 e. The van der Waals surface area contributed by atoms with Gasteiger partial charge in [-0.25, -0.2) is 8.78 Å². The first-order valence-electron chi connectivity index (χ1n) is 2.90. The van der Waals surface area contributed by atoms with Crippen molar-refractivity contribution in [2.45, 2.75) is 12.5 Å². The van der Waals surface area contributed by atoms with E-state index in [1.807, 2.05) is 0 Å². The molecule has 0 aliphatic carbocycles. The highest BCUT2D eigenvalue weighted by atomic mass is 35.5. The van der Waals surface area contributed by atoms with Crippen LogP contribution in [0.3, 0.4) is 0 Å². The van der Waals surface area contributed by atoms with Crippen molar-refractivity contribution in [3.05, 3.63) is 23.1 Å². The molecule has 1 rings (SSSR count). The van der Waals surface area contributed by atoms with E-state index in [2.05, 4.69) is 4.42 Å². The minimum absolute atomic E-state index is 0.00463. The van der Waals surface area contributed by atoms with Gasteiger partial charge in [0.2, 0.25) is 0 Å². The average Bonchev–Trinajstić information content (AvgIpc) is 2.34. The van der Waals surface area contributed by atoms with E-state index in [-0.39, 0.29) is 11.0 Å². The van der Waals surface area contributed by atoms with Gasteiger partial charge < -0.3 is 10.2 Å². The molecule has 1 atom stereocenters. The summed E-state index contributed by atoms with van der Waals surface area (Å²) in [5.41, 5.74) is 5.05. The van der Waals surface area contributed by atoms with Crippen LogP contribution in [0.25, 0.3) is 0 Å². The zero-order chi connectivity index (χ0) is 8.43. The fourth-order valence-corrected chi connectivity index (χ4v) is 0.784. The Balaban J connectivity index is 2.76. The molecular formula is C6H6ClF2NO. The largest absolute Gasteiger partial charge is 0.448 e. The smallest absolute Gasteiger partial charge is 0.260 e. The number of furan rings is 1. The second-order valence-corrected chi connectivity index (χ2v) is 2.37. The Morgan fingerprint density at radius 3 is 2.45 bits per heavy atom. The van der Waals surface area contributed by atoms with E-state index in [0.29, 0.717) is 0 Å². The third kappa shape index (κ3) is 1.91. The van der Waals surface area contributed by atoms with Gasteiger partial charge in [-0.15, -0.1) is 0 Å². The Hall–Kier alpha value is -0.610. The van der Waals surface area contributed by atoms with Crippen molar-refractivity contribution >= 4 is 11.6 Å². The molecule has 0 aliphatic heterocycles. The van der Waals surface area contributed by atoms with Crippen molar-refractivity contribution in [3.8, 4) is 0 Å². The zero-order valence-electron chi connectivity index (χ0n) is 5.43. The van der Waals surface area contributed by atoms with E-state index in [1.165, 1.54) is 12.1 Å². The molecule has 0 aromatic carbocycles. The van der Waals surface area contributed by atoms with E-state index in [9.17, 15) is 8.78 Å². The molecule has 11 heavy (non-hydrogen) atoms. The average molecular weight is 182 g/mol. The van der Waals surface area contributed by atoms with Crippen molar-refractivity contribution in [1.82, 2.24) is 0 Å². The lowest BCUT2D eigenvalue weighted by atomic mass is 10.2. The van der Waals surface area contributed by atoms with Crippen LogP contribution in [0, 0.1) is 0 Å². The Kier molecular flexibility index (Phi) is 2.46. The van der Waals surface area contributed by atoms with Gasteiger partial charge in [-0.05, 0) is 23.7 Å². The van der Waals surface area contributed by atoms with Gasteiger partial charge >= 0.3 is 0 Å². The number of halogens is 3. The number of nitrogens with two attached hydrogens (primary N) is 1. The highest BCUT2D eigenvalue weighted by Gasteiger charge is 2.20. The van der Waals surface area contributed by atoms with Crippen LogP contribution in [0.5, 0.6) is 0 Å². The van der Waals surface area contributed by atoms with Gasteiger partial charge in [0, 0.05) is 0 Å². The van der Waals surface area contributed by atoms with Gasteiger partial charge in [0.15, 0.2) is 5.22 Å².